The van der Waals surface area contributed by atoms with E-state index in [0.29, 0.717) is 49.9 Å². The number of halogens is 2. The van der Waals surface area contributed by atoms with Crippen molar-refractivity contribution in [3.63, 3.8) is 0 Å². The van der Waals surface area contributed by atoms with Gasteiger partial charge in [0.05, 0.1) is 36.7 Å². The summed E-state index contributed by atoms with van der Waals surface area (Å²) in [5.41, 5.74) is 3.86. The predicted octanol–water partition coefficient (Wildman–Crippen LogP) is 4.43. The first-order chi connectivity index (χ1) is 14.9. The average molecular weight is 443 g/mol. The number of aryl methyl sites for hydroxylation is 2. The Morgan fingerprint density at radius 1 is 1.16 bits per heavy atom. The third-order valence-corrected chi connectivity index (χ3v) is 5.69. The van der Waals surface area contributed by atoms with Gasteiger partial charge in [0.1, 0.15) is 11.0 Å². The van der Waals surface area contributed by atoms with E-state index in [4.69, 9.17) is 16.3 Å². The van der Waals surface area contributed by atoms with Gasteiger partial charge in [-0.15, -0.1) is 0 Å². The highest BCUT2D eigenvalue weighted by molar-refractivity contribution is 6.33. The fourth-order valence-corrected chi connectivity index (χ4v) is 3.94. The van der Waals surface area contributed by atoms with Crippen LogP contribution in [0.2, 0.25) is 5.15 Å². The Labute approximate surface area is 185 Å². The van der Waals surface area contributed by atoms with Crippen molar-refractivity contribution in [2.45, 2.75) is 20.4 Å². The average Bonchev–Trinajstić information content (AvgIpc) is 3.03. The molecule has 0 bridgehead atoms. The molecule has 1 aliphatic rings. The molecule has 2 aromatic carbocycles. The van der Waals surface area contributed by atoms with Crippen LogP contribution < -0.4 is 10.2 Å². The Kier molecular flexibility index (Phi) is 6.25. The largest absolute Gasteiger partial charge is 0.378 e. The first-order valence-electron chi connectivity index (χ1n) is 10.1. The van der Waals surface area contributed by atoms with Crippen molar-refractivity contribution < 1.29 is 13.9 Å². The van der Waals surface area contributed by atoms with Crippen molar-refractivity contribution in [1.29, 1.82) is 0 Å². The SMILES string of the molecule is Cc1ccc(Cn2nc(C)c(C(=O)Nc3ccc(N4CCOCC4)c(F)c3)c2Cl)cc1. The summed E-state index contributed by atoms with van der Waals surface area (Å²) in [5, 5.41) is 7.40. The summed E-state index contributed by atoms with van der Waals surface area (Å²) < 4.78 is 21.6. The molecule has 1 amide bonds. The summed E-state index contributed by atoms with van der Waals surface area (Å²) in [6.07, 6.45) is 0. The molecule has 3 aromatic rings. The number of carbonyl (C=O) groups excluding carboxylic acids is 1. The van der Waals surface area contributed by atoms with Crippen LogP contribution >= 0.6 is 11.6 Å². The second-order valence-electron chi connectivity index (χ2n) is 7.61. The maximum Gasteiger partial charge on any atom is 0.260 e. The zero-order chi connectivity index (χ0) is 22.0. The Morgan fingerprint density at radius 3 is 2.55 bits per heavy atom. The van der Waals surface area contributed by atoms with Crippen molar-refractivity contribution in [3.8, 4) is 0 Å². The maximum atomic E-state index is 14.6. The van der Waals surface area contributed by atoms with E-state index in [1.54, 1.807) is 23.7 Å². The molecule has 162 valence electrons. The van der Waals surface area contributed by atoms with E-state index in [-0.39, 0.29) is 10.7 Å². The molecular weight excluding hydrogens is 419 g/mol. The molecule has 1 saturated heterocycles. The summed E-state index contributed by atoms with van der Waals surface area (Å²) in [4.78, 5) is 14.8. The molecule has 1 aliphatic heterocycles. The molecule has 1 N–H and O–H groups in total. The summed E-state index contributed by atoms with van der Waals surface area (Å²) in [6.45, 7) is 6.62. The van der Waals surface area contributed by atoms with E-state index in [2.05, 4.69) is 10.4 Å². The van der Waals surface area contributed by atoms with Crippen LogP contribution in [0.3, 0.4) is 0 Å². The number of ether oxygens (including phenoxy) is 1. The van der Waals surface area contributed by atoms with Crippen molar-refractivity contribution in [2.24, 2.45) is 0 Å². The molecule has 0 radical (unpaired) electrons. The quantitative estimate of drug-likeness (QED) is 0.635. The number of rotatable bonds is 5. The lowest BCUT2D eigenvalue weighted by Gasteiger charge is -2.29. The minimum absolute atomic E-state index is 0.251. The topological polar surface area (TPSA) is 59.4 Å². The van der Waals surface area contributed by atoms with E-state index in [1.165, 1.54) is 11.6 Å². The van der Waals surface area contributed by atoms with Gasteiger partial charge in [0.25, 0.3) is 5.91 Å². The van der Waals surface area contributed by atoms with E-state index in [1.807, 2.05) is 36.1 Å². The lowest BCUT2D eigenvalue weighted by atomic mass is 10.1. The number of hydrogen-bond acceptors (Lipinski definition) is 4. The van der Waals surface area contributed by atoms with Crippen molar-refractivity contribution >= 4 is 28.9 Å². The fourth-order valence-electron chi connectivity index (χ4n) is 3.62. The van der Waals surface area contributed by atoms with Crippen LogP contribution in [0.1, 0.15) is 27.2 Å². The van der Waals surface area contributed by atoms with Gasteiger partial charge in [-0.1, -0.05) is 41.4 Å². The third kappa shape index (κ3) is 4.73. The Morgan fingerprint density at radius 2 is 1.87 bits per heavy atom. The van der Waals surface area contributed by atoms with Crippen molar-refractivity contribution in [3.05, 3.63) is 75.8 Å². The zero-order valence-electron chi connectivity index (χ0n) is 17.5. The second-order valence-corrected chi connectivity index (χ2v) is 7.97. The highest BCUT2D eigenvalue weighted by Gasteiger charge is 2.21. The van der Waals surface area contributed by atoms with Crippen molar-refractivity contribution in [1.82, 2.24) is 9.78 Å². The highest BCUT2D eigenvalue weighted by Crippen LogP contribution is 2.26. The molecule has 1 fully saturated rings. The van der Waals surface area contributed by atoms with Crippen LogP contribution in [0.15, 0.2) is 42.5 Å². The minimum atomic E-state index is -0.420. The maximum absolute atomic E-state index is 14.6. The van der Waals surface area contributed by atoms with Gasteiger partial charge in [-0.2, -0.15) is 5.10 Å². The molecule has 1 aromatic heterocycles. The Bertz CT molecular complexity index is 1090. The van der Waals surface area contributed by atoms with E-state index < -0.39 is 11.7 Å². The number of nitrogens with one attached hydrogen (secondary N) is 1. The first kappa shape index (κ1) is 21.3. The minimum Gasteiger partial charge on any atom is -0.378 e. The monoisotopic (exact) mass is 442 g/mol. The normalized spacial score (nSPS) is 14.0. The number of nitrogens with zero attached hydrogens (tertiary/aromatic N) is 3. The van der Waals surface area contributed by atoms with E-state index in [0.717, 1.165) is 5.56 Å². The number of aromatic nitrogens is 2. The van der Waals surface area contributed by atoms with Crippen molar-refractivity contribution in [2.75, 3.05) is 36.5 Å². The summed E-state index contributed by atoms with van der Waals surface area (Å²) in [6, 6.07) is 12.7. The molecular formula is C23H24ClFN4O2. The van der Waals surface area contributed by atoms with Crippen LogP contribution in [-0.4, -0.2) is 42.0 Å². The Balaban J connectivity index is 1.50. The highest BCUT2D eigenvalue weighted by atomic mass is 35.5. The van der Waals surface area contributed by atoms with Crippen LogP contribution in [0, 0.1) is 19.7 Å². The lowest BCUT2D eigenvalue weighted by molar-refractivity contribution is 0.102. The standard InChI is InChI=1S/C23H24ClFN4O2/c1-15-3-5-17(6-4-15)14-29-22(24)21(16(2)27-29)23(30)26-18-7-8-20(19(25)13-18)28-9-11-31-12-10-28/h3-8,13H,9-12,14H2,1-2H3,(H,26,30). The molecule has 0 aliphatic carbocycles. The summed E-state index contributed by atoms with van der Waals surface area (Å²) in [7, 11) is 0. The molecule has 0 unspecified atom stereocenters. The van der Waals surface area contributed by atoms with Gasteiger partial charge >= 0.3 is 0 Å². The molecule has 8 heteroatoms. The summed E-state index contributed by atoms with van der Waals surface area (Å²) in [5.74, 6) is -0.811. The summed E-state index contributed by atoms with van der Waals surface area (Å²) >= 11 is 6.48. The van der Waals surface area contributed by atoms with Gasteiger partial charge in [-0.25, -0.2) is 9.07 Å². The number of carbonyl (C=O) groups is 1. The Hall–Kier alpha value is -2.90. The number of morpholine rings is 1. The predicted molar refractivity (Wildman–Crippen MR) is 120 cm³/mol. The van der Waals surface area contributed by atoms with E-state index >= 15 is 0 Å². The number of amides is 1. The number of hydrogen-bond donors (Lipinski definition) is 1. The third-order valence-electron chi connectivity index (χ3n) is 5.30. The molecule has 31 heavy (non-hydrogen) atoms. The van der Waals surface area contributed by atoms with Gasteiger partial charge in [0.2, 0.25) is 0 Å². The molecule has 0 atom stereocenters. The van der Waals surface area contributed by atoms with Gasteiger partial charge in [-0.05, 0) is 37.6 Å². The van der Waals surface area contributed by atoms with Crippen LogP contribution in [-0.2, 0) is 11.3 Å². The van der Waals surface area contributed by atoms with Gasteiger partial charge in [0, 0.05) is 18.8 Å². The fraction of sp³-hybridized carbons (Fsp3) is 0.304. The van der Waals surface area contributed by atoms with E-state index in [9.17, 15) is 9.18 Å². The van der Waals surface area contributed by atoms with Crippen LogP contribution in [0.25, 0.3) is 0 Å². The lowest BCUT2D eigenvalue weighted by Crippen LogP contribution is -2.36. The number of benzene rings is 2. The molecule has 0 spiro atoms. The molecule has 6 nitrogen and oxygen atoms in total. The first-order valence-corrected chi connectivity index (χ1v) is 10.5. The number of anilines is 2. The smallest absolute Gasteiger partial charge is 0.260 e. The molecule has 2 heterocycles. The van der Waals surface area contributed by atoms with Gasteiger partial charge < -0.3 is 15.0 Å². The molecule has 0 saturated carbocycles. The molecule has 4 rings (SSSR count). The zero-order valence-corrected chi connectivity index (χ0v) is 18.2. The van der Waals surface area contributed by atoms with Gasteiger partial charge in [-0.3, -0.25) is 4.79 Å². The van der Waals surface area contributed by atoms with Crippen LogP contribution in [0.4, 0.5) is 15.8 Å². The van der Waals surface area contributed by atoms with Gasteiger partial charge in [0.15, 0.2) is 0 Å². The second kappa shape index (κ2) is 9.08. The van der Waals surface area contributed by atoms with Crippen LogP contribution in [0.5, 0.6) is 0 Å².